The zero-order chi connectivity index (χ0) is 25.4. The minimum Gasteiger partial charge on any atom is -0.384 e. The normalized spacial score (nSPS) is 12.2. The van der Waals surface area contributed by atoms with Crippen molar-refractivity contribution >= 4 is 21.8 Å². The standard InChI is InChI=1S/C27H32N4O3S/c1-2-3-4-11-24(27(32)31-18-19-8-7-9-22(17-19)26(28)29)21-15-13-20(14-16-21)23-10-5-6-12-25(23)35(30,33)34/h5-10,12-17,24H,2-4,11,18H2,1H3,(H3,28,29)(H,31,32)(H2,30,33,34). The minimum atomic E-state index is -3.86. The van der Waals surface area contributed by atoms with Gasteiger partial charge in [0.1, 0.15) is 5.84 Å². The largest absolute Gasteiger partial charge is 0.384 e. The Morgan fingerprint density at radius 2 is 1.71 bits per heavy atom. The average Bonchev–Trinajstić information content (AvgIpc) is 2.85. The Labute approximate surface area is 207 Å². The van der Waals surface area contributed by atoms with Gasteiger partial charge in [0.25, 0.3) is 0 Å². The SMILES string of the molecule is CCCCCC(C(=O)NCc1cccc(C(=N)N)c1)c1ccc(-c2ccccc2S(N)(=O)=O)cc1. The van der Waals surface area contributed by atoms with E-state index in [1.54, 1.807) is 30.3 Å². The van der Waals surface area contributed by atoms with Crippen LogP contribution < -0.4 is 16.2 Å². The maximum atomic E-state index is 13.2. The van der Waals surface area contributed by atoms with Gasteiger partial charge in [-0.25, -0.2) is 13.6 Å². The van der Waals surface area contributed by atoms with E-state index in [4.69, 9.17) is 16.3 Å². The van der Waals surface area contributed by atoms with Crippen LogP contribution in [0.25, 0.3) is 11.1 Å². The molecule has 3 aromatic carbocycles. The van der Waals surface area contributed by atoms with Crippen LogP contribution in [0.2, 0.25) is 0 Å². The molecule has 0 aromatic heterocycles. The number of rotatable bonds is 11. The molecule has 0 saturated heterocycles. The molecule has 0 saturated carbocycles. The van der Waals surface area contributed by atoms with Gasteiger partial charge >= 0.3 is 0 Å². The van der Waals surface area contributed by atoms with Crippen molar-refractivity contribution in [3.05, 3.63) is 89.5 Å². The Morgan fingerprint density at radius 3 is 2.37 bits per heavy atom. The van der Waals surface area contributed by atoms with E-state index in [0.717, 1.165) is 30.4 Å². The van der Waals surface area contributed by atoms with Gasteiger partial charge in [-0.15, -0.1) is 0 Å². The number of benzene rings is 3. The van der Waals surface area contributed by atoms with Gasteiger partial charge < -0.3 is 11.1 Å². The number of amidine groups is 1. The highest BCUT2D eigenvalue weighted by Gasteiger charge is 2.21. The van der Waals surface area contributed by atoms with Gasteiger partial charge in [-0.05, 0) is 35.2 Å². The van der Waals surface area contributed by atoms with Crippen molar-refractivity contribution in [2.75, 3.05) is 0 Å². The van der Waals surface area contributed by atoms with Crippen LogP contribution >= 0.6 is 0 Å². The zero-order valence-corrected chi connectivity index (χ0v) is 20.6. The topological polar surface area (TPSA) is 139 Å². The molecule has 0 aliphatic rings. The van der Waals surface area contributed by atoms with Gasteiger partial charge in [0.2, 0.25) is 15.9 Å². The van der Waals surface area contributed by atoms with E-state index in [0.29, 0.717) is 29.7 Å². The van der Waals surface area contributed by atoms with Gasteiger partial charge in [-0.3, -0.25) is 10.2 Å². The van der Waals surface area contributed by atoms with Gasteiger partial charge in [-0.2, -0.15) is 0 Å². The van der Waals surface area contributed by atoms with Crippen LogP contribution in [0, 0.1) is 5.41 Å². The highest BCUT2D eigenvalue weighted by molar-refractivity contribution is 7.89. The lowest BCUT2D eigenvalue weighted by Crippen LogP contribution is -2.29. The summed E-state index contributed by atoms with van der Waals surface area (Å²) in [5.41, 5.74) is 9.17. The second-order valence-corrected chi connectivity index (χ2v) is 10.1. The number of hydrogen-bond acceptors (Lipinski definition) is 4. The first-order valence-corrected chi connectivity index (χ1v) is 13.2. The third-order valence-electron chi connectivity index (χ3n) is 5.94. The summed E-state index contributed by atoms with van der Waals surface area (Å²) < 4.78 is 24.0. The number of sulfonamides is 1. The van der Waals surface area contributed by atoms with E-state index < -0.39 is 10.0 Å². The van der Waals surface area contributed by atoms with E-state index in [-0.39, 0.29) is 22.6 Å². The average molecular weight is 493 g/mol. The molecule has 0 spiro atoms. The molecular weight excluding hydrogens is 460 g/mol. The molecule has 1 amide bonds. The highest BCUT2D eigenvalue weighted by atomic mass is 32.2. The van der Waals surface area contributed by atoms with Crippen molar-refractivity contribution < 1.29 is 13.2 Å². The van der Waals surface area contributed by atoms with Crippen molar-refractivity contribution in [2.45, 2.75) is 50.0 Å². The number of nitrogen functional groups attached to an aromatic ring is 1. The molecule has 0 aliphatic heterocycles. The molecule has 35 heavy (non-hydrogen) atoms. The first-order chi connectivity index (χ1) is 16.7. The Hall–Kier alpha value is -3.49. The number of carbonyl (C=O) groups excluding carboxylic acids is 1. The van der Waals surface area contributed by atoms with Gasteiger partial charge in [0.15, 0.2) is 0 Å². The first-order valence-electron chi connectivity index (χ1n) is 11.6. The number of carbonyl (C=O) groups is 1. The van der Waals surface area contributed by atoms with Crippen molar-refractivity contribution in [2.24, 2.45) is 10.9 Å². The van der Waals surface area contributed by atoms with E-state index in [9.17, 15) is 13.2 Å². The quantitative estimate of drug-likeness (QED) is 0.180. The summed E-state index contributed by atoms with van der Waals surface area (Å²) in [5, 5.41) is 16.0. The summed E-state index contributed by atoms with van der Waals surface area (Å²) in [6.45, 7) is 2.46. The molecule has 0 radical (unpaired) electrons. The van der Waals surface area contributed by atoms with Crippen molar-refractivity contribution in [1.82, 2.24) is 5.32 Å². The molecule has 0 fully saturated rings. The lowest BCUT2D eigenvalue weighted by molar-refractivity contribution is -0.122. The molecule has 0 aliphatic carbocycles. The van der Waals surface area contributed by atoms with E-state index in [1.807, 2.05) is 36.4 Å². The van der Waals surface area contributed by atoms with Crippen LogP contribution in [0.5, 0.6) is 0 Å². The van der Waals surface area contributed by atoms with Crippen molar-refractivity contribution in [3.8, 4) is 11.1 Å². The summed E-state index contributed by atoms with van der Waals surface area (Å²) >= 11 is 0. The minimum absolute atomic E-state index is 0.0142. The van der Waals surface area contributed by atoms with Crippen molar-refractivity contribution in [1.29, 1.82) is 5.41 Å². The predicted molar refractivity (Wildman–Crippen MR) is 139 cm³/mol. The third-order valence-corrected chi connectivity index (χ3v) is 6.90. The molecule has 0 bridgehead atoms. The summed E-state index contributed by atoms with van der Waals surface area (Å²) in [5.74, 6) is -0.424. The summed E-state index contributed by atoms with van der Waals surface area (Å²) in [4.78, 5) is 13.3. The lowest BCUT2D eigenvalue weighted by Gasteiger charge is -2.18. The van der Waals surface area contributed by atoms with Crippen LogP contribution in [0.15, 0.2) is 77.7 Å². The molecule has 6 N–H and O–H groups in total. The van der Waals surface area contributed by atoms with Crippen molar-refractivity contribution in [3.63, 3.8) is 0 Å². The lowest BCUT2D eigenvalue weighted by atomic mass is 9.91. The molecule has 0 heterocycles. The molecule has 8 heteroatoms. The van der Waals surface area contributed by atoms with Crippen LogP contribution in [0.3, 0.4) is 0 Å². The van der Waals surface area contributed by atoms with Crippen LogP contribution in [0.4, 0.5) is 0 Å². The molecular formula is C27H32N4O3S. The number of nitrogens with one attached hydrogen (secondary N) is 2. The first kappa shape index (κ1) is 26.1. The second-order valence-electron chi connectivity index (χ2n) is 8.54. The van der Waals surface area contributed by atoms with E-state index >= 15 is 0 Å². The monoisotopic (exact) mass is 492 g/mol. The molecule has 3 aromatic rings. The Morgan fingerprint density at radius 1 is 1.00 bits per heavy atom. The predicted octanol–water partition coefficient (Wildman–Crippen LogP) is 4.27. The van der Waals surface area contributed by atoms with Gasteiger partial charge in [0.05, 0.1) is 10.8 Å². The summed E-state index contributed by atoms with van der Waals surface area (Å²) in [6.07, 6.45) is 3.71. The van der Waals surface area contributed by atoms with Gasteiger partial charge in [0, 0.05) is 17.7 Å². The fourth-order valence-corrected chi connectivity index (χ4v) is 4.82. The molecule has 7 nitrogen and oxygen atoms in total. The Kier molecular flexibility index (Phi) is 8.78. The van der Waals surface area contributed by atoms with Crippen LogP contribution in [-0.4, -0.2) is 20.2 Å². The van der Waals surface area contributed by atoms with Crippen LogP contribution in [-0.2, 0) is 21.4 Å². The van der Waals surface area contributed by atoms with E-state index in [2.05, 4.69) is 12.2 Å². The maximum absolute atomic E-state index is 13.2. The van der Waals surface area contributed by atoms with E-state index in [1.165, 1.54) is 6.07 Å². The Bertz CT molecular complexity index is 1290. The molecule has 1 unspecified atom stereocenters. The number of primary sulfonamides is 1. The van der Waals surface area contributed by atoms with Crippen LogP contribution in [0.1, 0.15) is 55.2 Å². The number of hydrogen-bond donors (Lipinski definition) is 4. The fourth-order valence-electron chi connectivity index (χ4n) is 4.06. The zero-order valence-electron chi connectivity index (χ0n) is 19.8. The maximum Gasteiger partial charge on any atom is 0.238 e. The number of unbranched alkanes of at least 4 members (excludes halogenated alkanes) is 2. The molecule has 184 valence electrons. The molecule has 1 atom stereocenters. The Balaban J connectivity index is 1.81. The second kappa shape index (κ2) is 11.8. The third kappa shape index (κ3) is 7.00. The smallest absolute Gasteiger partial charge is 0.238 e. The number of nitrogens with two attached hydrogens (primary N) is 2. The summed E-state index contributed by atoms with van der Waals surface area (Å²) in [7, 11) is -3.86. The van der Waals surface area contributed by atoms with Gasteiger partial charge in [-0.1, -0.05) is 86.8 Å². The molecule has 3 rings (SSSR count). The number of amides is 1. The fraction of sp³-hybridized carbons (Fsp3) is 0.259. The summed E-state index contributed by atoms with van der Waals surface area (Å²) in [6, 6.07) is 21.3. The highest BCUT2D eigenvalue weighted by Crippen LogP contribution is 2.30.